The Bertz CT molecular complexity index is 673. The van der Waals surface area contributed by atoms with Crippen LogP contribution in [-0.4, -0.2) is 22.6 Å². The molecule has 0 bridgehead atoms. The Morgan fingerprint density at radius 1 is 0.857 bits per heavy atom. The van der Waals surface area contributed by atoms with Gasteiger partial charge in [-0.05, 0) is 54.5 Å². The van der Waals surface area contributed by atoms with Crippen molar-refractivity contribution in [3.8, 4) is 11.5 Å². The maximum absolute atomic E-state index is 9.40. The molecule has 0 aromatic heterocycles. The van der Waals surface area contributed by atoms with Crippen molar-refractivity contribution in [2.45, 2.75) is 6.42 Å². The molecule has 0 amide bonds. The fraction of sp³-hybridized carbons (Fsp3) is 0.118. The van der Waals surface area contributed by atoms with Crippen LogP contribution in [-0.2, 0) is 6.42 Å². The zero-order valence-corrected chi connectivity index (χ0v) is 11.5. The first-order valence-electron chi connectivity index (χ1n) is 6.81. The number of phenolic OH excluding ortho intramolecular Hbond substituents is 2. The van der Waals surface area contributed by atoms with E-state index in [0.29, 0.717) is 0 Å². The Kier molecular flexibility index (Phi) is 3.60. The van der Waals surface area contributed by atoms with Gasteiger partial charge in [0.05, 0.1) is 0 Å². The summed E-state index contributed by atoms with van der Waals surface area (Å²) in [4.78, 5) is 6.36. The van der Waals surface area contributed by atoms with Crippen molar-refractivity contribution in [2.24, 2.45) is 4.99 Å². The second-order valence-corrected chi connectivity index (χ2v) is 4.89. The summed E-state index contributed by atoms with van der Waals surface area (Å²) in [6.07, 6.45) is 4.57. The molecule has 0 spiro atoms. The van der Waals surface area contributed by atoms with E-state index in [0.717, 1.165) is 30.1 Å². The molecule has 3 rings (SSSR count). The van der Waals surface area contributed by atoms with E-state index < -0.39 is 0 Å². The number of phenols is 2. The minimum Gasteiger partial charge on any atom is -0.508 e. The molecule has 1 aliphatic heterocycles. The van der Waals surface area contributed by atoms with Crippen molar-refractivity contribution in [3.05, 3.63) is 66.4 Å². The minimum absolute atomic E-state index is 0.253. The standard InChI is InChI=1S/C17H16N2O2/c20-15-5-1-13(2-6-15)10-12-19(17-9-11-18-17)14-3-7-16(21)8-4-14/h1-9,11,20-21H,10,12H2. The fourth-order valence-electron chi connectivity index (χ4n) is 2.21. The zero-order chi connectivity index (χ0) is 14.7. The summed E-state index contributed by atoms with van der Waals surface area (Å²) in [5.41, 5.74) is 2.15. The summed E-state index contributed by atoms with van der Waals surface area (Å²) in [7, 11) is 0. The van der Waals surface area contributed by atoms with Gasteiger partial charge in [0.1, 0.15) is 17.3 Å². The lowest BCUT2D eigenvalue weighted by molar-refractivity contribution is 0.474. The molecule has 106 valence electrons. The Hall–Kier alpha value is -2.75. The normalized spacial score (nSPS) is 12.7. The van der Waals surface area contributed by atoms with Crippen molar-refractivity contribution in [1.29, 1.82) is 0 Å². The largest absolute Gasteiger partial charge is 0.508 e. The summed E-state index contributed by atoms with van der Waals surface area (Å²) in [5.74, 6) is 1.45. The van der Waals surface area contributed by atoms with E-state index in [-0.39, 0.29) is 11.5 Å². The lowest BCUT2D eigenvalue weighted by atomic mass is 10.1. The molecular formula is C17H16N2O2. The van der Waals surface area contributed by atoms with Gasteiger partial charge in [-0.15, -0.1) is 0 Å². The van der Waals surface area contributed by atoms with E-state index >= 15 is 0 Å². The van der Waals surface area contributed by atoms with Gasteiger partial charge < -0.3 is 15.1 Å². The molecule has 0 saturated carbocycles. The number of aromatic hydroxyl groups is 2. The van der Waals surface area contributed by atoms with Crippen LogP contribution in [0.25, 0.3) is 0 Å². The first kappa shape index (κ1) is 13.2. The minimum atomic E-state index is 0.253. The van der Waals surface area contributed by atoms with E-state index in [1.165, 1.54) is 0 Å². The van der Waals surface area contributed by atoms with Gasteiger partial charge in [0.25, 0.3) is 0 Å². The maximum Gasteiger partial charge on any atom is 0.134 e. The fourth-order valence-corrected chi connectivity index (χ4v) is 2.21. The smallest absolute Gasteiger partial charge is 0.134 e. The van der Waals surface area contributed by atoms with Crippen LogP contribution in [0.15, 0.2) is 65.8 Å². The van der Waals surface area contributed by atoms with Crippen LogP contribution in [0.1, 0.15) is 5.56 Å². The SMILES string of the molecule is Oc1ccc(CCN(C2=NC=C2)c2ccc(O)cc2)cc1. The van der Waals surface area contributed by atoms with Crippen molar-refractivity contribution in [1.82, 2.24) is 0 Å². The van der Waals surface area contributed by atoms with Gasteiger partial charge in [-0.3, -0.25) is 0 Å². The van der Waals surface area contributed by atoms with Gasteiger partial charge in [0, 0.05) is 18.4 Å². The average molecular weight is 280 g/mol. The number of hydrogen-bond acceptors (Lipinski definition) is 4. The molecule has 0 aliphatic carbocycles. The number of nitrogens with zero attached hydrogens (tertiary/aromatic N) is 2. The molecule has 2 N–H and O–H groups in total. The maximum atomic E-state index is 9.40. The predicted octanol–water partition coefficient (Wildman–Crippen LogP) is 3.07. The Labute approximate surface area is 123 Å². The van der Waals surface area contributed by atoms with Crippen molar-refractivity contribution in [3.63, 3.8) is 0 Å². The van der Waals surface area contributed by atoms with Crippen LogP contribution < -0.4 is 4.90 Å². The molecule has 4 heteroatoms. The topological polar surface area (TPSA) is 56.1 Å². The molecule has 4 nitrogen and oxygen atoms in total. The van der Waals surface area contributed by atoms with Crippen LogP contribution in [0.4, 0.5) is 5.69 Å². The highest BCUT2D eigenvalue weighted by Gasteiger charge is 2.14. The Morgan fingerprint density at radius 2 is 1.43 bits per heavy atom. The lowest BCUT2D eigenvalue weighted by Crippen LogP contribution is -2.33. The molecule has 1 heterocycles. The van der Waals surface area contributed by atoms with E-state index in [9.17, 15) is 10.2 Å². The summed E-state index contributed by atoms with van der Waals surface area (Å²) >= 11 is 0. The molecular weight excluding hydrogens is 264 g/mol. The van der Waals surface area contributed by atoms with Crippen LogP contribution in [0, 0.1) is 0 Å². The van der Waals surface area contributed by atoms with Crippen LogP contribution >= 0.6 is 0 Å². The highest BCUT2D eigenvalue weighted by molar-refractivity contribution is 6.09. The first-order chi connectivity index (χ1) is 10.2. The highest BCUT2D eigenvalue weighted by Crippen LogP contribution is 2.21. The zero-order valence-electron chi connectivity index (χ0n) is 11.5. The third-order valence-corrected chi connectivity index (χ3v) is 3.43. The Morgan fingerprint density at radius 3 is 1.95 bits per heavy atom. The van der Waals surface area contributed by atoms with Crippen molar-refractivity contribution < 1.29 is 10.2 Å². The van der Waals surface area contributed by atoms with Crippen molar-refractivity contribution in [2.75, 3.05) is 11.4 Å². The number of hydrogen-bond donors (Lipinski definition) is 2. The second kappa shape index (κ2) is 5.71. The number of anilines is 1. The number of rotatable bonds is 4. The van der Waals surface area contributed by atoms with Crippen LogP contribution in [0.3, 0.4) is 0 Å². The van der Waals surface area contributed by atoms with E-state index in [2.05, 4.69) is 9.89 Å². The second-order valence-electron chi connectivity index (χ2n) is 4.89. The Balaban J connectivity index is 1.74. The van der Waals surface area contributed by atoms with E-state index in [4.69, 9.17) is 0 Å². The molecule has 2 aromatic rings. The molecule has 0 fully saturated rings. The van der Waals surface area contributed by atoms with Gasteiger partial charge >= 0.3 is 0 Å². The van der Waals surface area contributed by atoms with E-state index in [1.807, 2.05) is 30.3 Å². The molecule has 0 saturated heterocycles. The molecule has 1 aliphatic rings. The monoisotopic (exact) mass is 280 g/mol. The number of benzene rings is 2. The van der Waals surface area contributed by atoms with Gasteiger partial charge in [-0.25, -0.2) is 4.99 Å². The first-order valence-corrected chi connectivity index (χ1v) is 6.81. The molecule has 0 radical (unpaired) electrons. The highest BCUT2D eigenvalue weighted by atomic mass is 16.3. The van der Waals surface area contributed by atoms with Gasteiger partial charge in [0.2, 0.25) is 0 Å². The van der Waals surface area contributed by atoms with Gasteiger partial charge in [0.15, 0.2) is 0 Å². The molecule has 2 aromatic carbocycles. The van der Waals surface area contributed by atoms with E-state index in [1.54, 1.807) is 30.5 Å². The average Bonchev–Trinajstić information content (AvgIpc) is 2.44. The van der Waals surface area contributed by atoms with Crippen molar-refractivity contribution >= 4 is 11.5 Å². The molecule has 21 heavy (non-hydrogen) atoms. The third kappa shape index (κ3) is 3.05. The summed E-state index contributed by atoms with van der Waals surface area (Å²) < 4.78 is 0. The van der Waals surface area contributed by atoms with Crippen LogP contribution in [0.5, 0.6) is 11.5 Å². The van der Waals surface area contributed by atoms with Gasteiger partial charge in [-0.1, -0.05) is 12.1 Å². The molecule has 0 atom stereocenters. The molecule has 0 unspecified atom stereocenters. The van der Waals surface area contributed by atoms with Gasteiger partial charge in [-0.2, -0.15) is 0 Å². The summed E-state index contributed by atoms with van der Waals surface area (Å²) in [5, 5.41) is 18.7. The lowest BCUT2D eigenvalue weighted by Gasteiger charge is -2.26. The predicted molar refractivity (Wildman–Crippen MR) is 83.8 cm³/mol. The summed E-state index contributed by atoms with van der Waals surface area (Å²) in [6.45, 7) is 0.777. The third-order valence-electron chi connectivity index (χ3n) is 3.43. The van der Waals surface area contributed by atoms with Crippen LogP contribution in [0.2, 0.25) is 0 Å². The number of aliphatic imine (C=N–C) groups is 1. The quantitative estimate of drug-likeness (QED) is 0.905. The number of amidine groups is 1. The summed E-state index contributed by atoms with van der Waals surface area (Å²) in [6, 6.07) is 14.3.